The summed E-state index contributed by atoms with van der Waals surface area (Å²) in [5, 5.41) is 12.3. The van der Waals surface area contributed by atoms with Gasteiger partial charge in [0.15, 0.2) is 0 Å². The number of halogens is 4. The van der Waals surface area contributed by atoms with E-state index in [1.165, 1.54) is 25.3 Å². The van der Waals surface area contributed by atoms with Crippen molar-refractivity contribution < 1.29 is 36.2 Å². The molecule has 0 saturated carbocycles. The lowest BCUT2D eigenvalue weighted by atomic mass is 9.90. The molecular formula is C20H22ClF3N2O5S. The standard InChI is InChI=1S/C20H21F3N2O5S.ClH/c1-30-17-7-4-12(19(26)27)9-18(17)31(28,29)25-16-10-14(20(21,22)23)5-6-15(16)13-3-2-8-24-11-13;/h4-7,9-10,13,24-25H,2-3,8,11H2,1H3,(H,26,27);1H. The minimum Gasteiger partial charge on any atom is -0.495 e. The number of hydrogen-bond donors (Lipinski definition) is 3. The second kappa shape index (κ2) is 9.97. The van der Waals surface area contributed by atoms with E-state index in [-0.39, 0.29) is 35.3 Å². The van der Waals surface area contributed by atoms with E-state index in [9.17, 15) is 31.5 Å². The zero-order valence-electron chi connectivity index (χ0n) is 16.9. The average molecular weight is 495 g/mol. The summed E-state index contributed by atoms with van der Waals surface area (Å²) in [6, 6.07) is 6.21. The molecule has 0 aliphatic carbocycles. The number of rotatable bonds is 6. The Morgan fingerprint density at radius 1 is 1.22 bits per heavy atom. The lowest BCUT2D eigenvalue weighted by Gasteiger charge is -2.26. The van der Waals surface area contributed by atoms with Crippen molar-refractivity contribution in [2.75, 3.05) is 24.9 Å². The van der Waals surface area contributed by atoms with Crippen molar-refractivity contribution >= 4 is 34.1 Å². The van der Waals surface area contributed by atoms with Crippen molar-refractivity contribution in [3.63, 3.8) is 0 Å². The zero-order chi connectivity index (χ0) is 22.8. The van der Waals surface area contributed by atoms with E-state index in [1.54, 1.807) is 0 Å². The molecule has 0 amide bonds. The molecule has 0 radical (unpaired) electrons. The van der Waals surface area contributed by atoms with Crippen LogP contribution in [0.1, 0.15) is 40.2 Å². The number of piperidine rings is 1. The fourth-order valence-electron chi connectivity index (χ4n) is 3.51. The van der Waals surface area contributed by atoms with E-state index >= 15 is 0 Å². The van der Waals surface area contributed by atoms with Gasteiger partial charge in [0.25, 0.3) is 10.0 Å². The van der Waals surface area contributed by atoms with Crippen molar-refractivity contribution in [1.29, 1.82) is 0 Å². The highest BCUT2D eigenvalue weighted by Gasteiger charge is 2.33. The highest BCUT2D eigenvalue weighted by atomic mass is 35.5. The molecule has 0 bridgehead atoms. The molecule has 2 aromatic rings. The summed E-state index contributed by atoms with van der Waals surface area (Å²) in [5.41, 5.74) is -1.07. The molecule has 1 atom stereocenters. The van der Waals surface area contributed by atoms with Crippen molar-refractivity contribution in [2.24, 2.45) is 0 Å². The first kappa shape index (κ1) is 25.8. The Labute approximate surface area is 189 Å². The molecule has 2 aromatic carbocycles. The summed E-state index contributed by atoms with van der Waals surface area (Å²) in [6.07, 6.45) is -3.18. The number of ether oxygens (including phenoxy) is 1. The number of hydrogen-bond acceptors (Lipinski definition) is 5. The van der Waals surface area contributed by atoms with E-state index in [4.69, 9.17) is 4.74 Å². The normalized spacial score (nSPS) is 16.7. The minimum atomic E-state index is -4.66. The SMILES string of the molecule is COc1ccc(C(=O)O)cc1S(=O)(=O)Nc1cc(C(F)(F)F)ccc1C1CCCNC1.Cl. The number of carboxylic acids is 1. The molecule has 1 saturated heterocycles. The maximum atomic E-state index is 13.3. The summed E-state index contributed by atoms with van der Waals surface area (Å²) in [5.74, 6) is -1.67. The highest BCUT2D eigenvalue weighted by molar-refractivity contribution is 7.92. The third-order valence-corrected chi connectivity index (χ3v) is 6.45. The molecule has 0 spiro atoms. The second-order valence-corrected chi connectivity index (χ2v) is 8.77. The Kier molecular flexibility index (Phi) is 8.02. The maximum absolute atomic E-state index is 13.3. The number of sulfonamides is 1. The van der Waals surface area contributed by atoms with Crippen molar-refractivity contribution in [3.8, 4) is 5.75 Å². The van der Waals surface area contributed by atoms with E-state index < -0.39 is 32.6 Å². The van der Waals surface area contributed by atoms with Crippen LogP contribution in [0.5, 0.6) is 5.75 Å². The minimum absolute atomic E-state index is 0. The smallest absolute Gasteiger partial charge is 0.416 e. The van der Waals surface area contributed by atoms with Gasteiger partial charge in [0.1, 0.15) is 10.6 Å². The second-order valence-electron chi connectivity index (χ2n) is 7.12. The number of aromatic carboxylic acids is 1. The summed E-state index contributed by atoms with van der Waals surface area (Å²) in [4.78, 5) is 10.8. The first-order valence-corrected chi connectivity index (χ1v) is 10.9. The van der Waals surface area contributed by atoms with Crippen molar-refractivity contribution in [3.05, 3.63) is 53.1 Å². The molecule has 1 heterocycles. The average Bonchev–Trinajstić information content (AvgIpc) is 2.73. The van der Waals surface area contributed by atoms with Crippen LogP contribution in [0.2, 0.25) is 0 Å². The summed E-state index contributed by atoms with van der Waals surface area (Å²) >= 11 is 0. The number of anilines is 1. The Morgan fingerprint density at radius 3 is 2.50 bits per heavy atom. The number of methoxy groups -OCH3 is 1. The predicted octanol–water partition coefficient (Wildman–Crippen LogP) is 4.10. The molecule has 32 heavy (non-hydrogen) atoms. The Bertz CT molecular complexity index is 1090. The summed E-state index contributed by atoms with van der Waals surface area (Å²) in [6.45, 7) is 1.27. The Morgan fingerprint density at radius 2 is 1.94 bits per heavy atom. The number of alkyl halides is 3. The van der Waals surface area contributed by atoms with Crippen LogP contribution in [-0.2, 0) is 16.2 Å². The fraction of sp³-hybridized carbons (Fsp3) is 0.350. The molecular weight excluding hydrogens is 473 g/mol. The summed E-state index contributed by atoms with van der Waals surface area (Å²) in [7, 11) is -3.26. The Hall–Kier alpha value is -2.50. The van der Waals surface area contributed by atoms with Gasteiger partial charge in [0.2, 0.25) is 0 Å². The molecule has 3 rings (SSSR count). The molecule has 1 unspecified atom stereocenters. The molecule has 0 aromatic heterocycles. The molecule has 7 nitrogen and oxygen atoms in total. The van der Waals surface area contributed by atoms with Gasteiger partial charge in [-0.25, -0.2) is 13.2 Å². The maximum Gasteiger partial charge on any atom is 0.416 e. The highest BCUT2D eigenvalue weighted by Crippen LogP contribution is 2.37. The van der Waals surface area contributed by atoms with Crippen LogP contribution in [0.3, 0.4) is 0 Å². The fourth-order valence-corrected chi connectivity index (χ4v) is 4.79. The molecule has 176 valence electrons. The zero-order valence-corrected chi connectivity index (χ0v) is 18.5. The van der Waals surface area contributed by atoms with Crippen LogP contribution < -0.4 is 14.8 Å². The van der Waals surface area contributed by atoms with Crippen LogP contribution in [0, 0.1) is 0 Å². The number of nitrogens with one attached hydrogen (secondary N) is 2. The van der Waals surface area contributed by atoms with E-state index in [0.29, 0.717) is 18.5 Å². The van der Waals surface area contributed by atoms with Crippen LogP contribution in [-0.4, -0.2) is 39.7 Å². The number of carbonyl (C=O) groups is 1. The van der Waals surface area contributed by atoms with Gasteiger partial charge in [-0.05, 0) is 61.2 Å². The third kappa shape index (κ3) is 5.64. The topological polar surface area (TPSA) is 105 Å². The van der Waals surface area contributed by atoms with E-state index in [1.807, 2.05) is 0 Å². The lowest BCUT2D eigenvalue weighted by molar-refractivity contribution is -0.137. The quantitative estimate of drug-likeness (QED) is 0.558. The van der Waals surface area contributed by atoms with Crippen LogP contribution in [0.15, 0.2) is 41.3 Å². The van der Waals surface area contributed by atoms with Gasteiger partial charge in [0, 0.05) is 6.54 Å². The van der Waals surface area contributed by atoms with Gasteiger partial charge >= 0.3 is 12.1 Å². The molecule has 12 heteroatoms. The largest absolute Gasteiger partial charge is 0.495 e. The monoisotopic (exact) mass is 494 g/mol. The van der Waals surface area contributed by atoms with Gasteiger partial charge in [-0.1, -0.05) is 6.07 Å². The predicted molar refractivity (Wildman–Crippen MR) is 114 cm³/mol. The molecule has 3 N–H and O–H groups in total. The van der Waals surface area contributed by atoms with Gasteiger partial charge in [0.05, 0.1) is 23.9 Å². The van der Waals surface area contributed by atoms with Gasteiger partial charge in [-0.15, -0.1) is 12.4 Å². The van der Waals surface area contributed by atoms with Gasteiger partial charge < -0.3 is 15.2 Å². The molecule has 1 aliphatic heterocycles. The van der Waals surface area contributed by atoms with Crippen LogP contribution >= 0.6 is 12.4 Å². The summed E-state index contributed by atoms with van der Waals surface area (Å²) < 4.78 is 73.2. The van der Waals surface area contributed by atoms with Crippen LogP contribution in [0.25, 0.3) is 0 Å². The van der Waals surface area contributed by atoms with Gasteiger partial charge in [-0.3, -0.25) is 4.72 Å². The first-order valence-electron chi connectivity index (χ1n) is 9.39. The first-order chi connectivity index (χ1) is 14.5. The lowest BCUT2D eigenvalue weighted by Crippen LogP contribution is -2.29. The molecule has 1 aliphatic rings. The van der Waals surface area contributed by atoms with E-state index in [0.717, 1.165) is 31.2 Å². The Balaban J connectivity index is 0.00000363. The molecule has 1 fully saturated rings. The van der Waals surface area contributed by atoms with E-state index in [2.05, 4.69) is 10.0 Å². The van der Waals surface area contributed by atoms with Gasteiger partial charge in [-0.2, -0.15) is 13.2 Å². The third-order valence-electron chi connectivity index (χ3n) is 5.06. The number of carboxylic acid groups (broad SMARTS) is 1. The van der Waals surface area contributed by atoms with Crippen LogP contribution in [0.4, 0.5) is 18.9 Å². The van der Waals surface area contributed by atoms with Crippen molar-refractivity contribution in [2.45, 2.75) is 29.8 Å². The number of benzene rings is 2. The van der Waals surface area contributed by atoms with Crippen molar-refractivity contribution in [1.82, 2.24) is 5.32 Å².